The molecule has 3 heteroatoms. The monoisotopic (exact) mass is 387 g/mol. The van der Waals surface area contributed by atoms with Crippen LogP contribution < -0.4 is 5.32 Å². The second-order valence-electron chi connectivity index (χ2n) is 8.73. The smallest absolute Gasteiger partial charge is 0.251 e. The molecule has 0 heterocycles. The Morgan fingerprint density at radius 1 is 0.759 bits per heavy atom. The van der Waals surface area contributed by atoms with E-state index in [1.807, 2.05) is 66.7 Å². The standard InChI is InChI=1S/C26H29NO2/c1-25(2,3)22-14-12-21(13-15-22)24(28)27-18-26(4,29)23-16-10-20(11-17-23)19-8-6-5-7-9-19/h5-17,29H,18H2,1-4H3,(H,27,28). The lowest BCUT2D eigenvalue weighted by Gasteiger charge is -2.25. The zero-order valence-electron chi connectivity index (χ0n) is 17.6. The van der Waals surface area contributed by atoms with Crippen molar-refractivity contribution in [2.75, 3.05) is 6.54 Å². The van der Waals surface area contributed by atoms with Gasteiger partial charge in [0.05, 0.1) is 6.54 Å². The molecule has 1 unspecified atom stereocenters. The van der Waals surface area contributed by atoms with Gasteiger partial charge in [-0.05, 0) is 46.7 Å². The Kier molecular flexibility index (Phi) is 5.90. The van der Waals surface area contributed by atoms with Gasteiger partial charge in [-0.15, -0.1) is 0 Å². The summed E-state index contributed by atoms with van der Waals surface area (Å²) in [5.41, 5.74) is 3.65. The summed E-state index contributed by atoms with van der Waals surface area (Å²) in [6, 6.07) is 25.5. The Morgan fingerprint density at radius 3 is 1.83 bits per heavy atom. The molecule has 1 amide bonds. The van der Waals surface area contributed by atoms with E-state index in [0.717, 1.165) is 16.7 Å². The van der Waals surface area contributed by atoms with Crippen LogP contribution in [0.25, 0.3) is 11.1 Å². The normalized spacial score (nSPS) is 13.6. The van der Waals surface area contributed by atoms with Gasteiger partial charge in [-0.25, -0.2) is 0 Å². The average Bonchev–Trinajstić information content (AvgIpc) is 2.72. The van der Waals surface area contributed by atoms with Crippen LogP contribution in [-0.4, -0.2) is 17.6 Å². The van der Waals surface area contributed by atoms with E-state index in [-0.39, 0.29) is 17.9 Å². The maximum Gasteiger partial charge on any atom is 0.251 e. The highest BCUT2D eigenvalue weighted by Crippen LogP contribution is 2.25. The largest absolute Gasteiger partial charge is 0.384 e. The summed E-state index contributed by atoms with van der Waals surface area (Å²) in [6.45, 7) is 8.28. The van der Waals surface area contributed by atoms with E-state index < -0.39 is 5.60 Å². The molecule has 0 aromatic heterocycles. The van der Waals surface area contributed by atoms with Crippen molar-refractivity contribution in [3.8, 4) is 11.1 Å². The molecule has 0 radical (unpaired) electrons. The van der Waals surface area contributed by atoms with Crippen molar-refractivity contribution in [2.45, 2.75) is 38.7 Å². The molecule has 0 bridgehead atoms. The molecular weight excluding hydrogens is 358 g/mol. The van der Waals surface area contributed by atoms with E-state index >= 15 is 0 Å². The number of nitrogens with one attached hydrogen (secondary N) is 1. The molecule has 0 aliphatic carbocycles. The number of hydrogen-bond donors (Lipinski definition) is 2. The lowest BCUT2D eigenvalue weighted by atomic mass is 9.86. The Bertz CT molecular complexity index is 950. The molecule has 0 spiro atoms. The number of amides is 1. The van der Waals surface area contributed by atoms with Crippen LogP contribution >= 0.6 is 0 Å². The maximum atomic E-state index is 12.5. The second kappa shape index (κ2) is 8.22. The van der Waals surface area contributed by atoms with Crippen LogP contribution in [-0.2, 0) is 11.0 Å². The highest BCUT2D eigenvalue weighted by molar-refractivity contribution is 5.94. The highest BCUT2D eigenvalue weighted by Gasteiger charge is 2.24. The molecule has 1 atom stereocenters. The minimum Gasteiger partial charge on any atom is -0.384 e. The van der Waals surface area contributed by atoms with Crippen LogP contribution in [0.4, 0.5) is 0 Å². The lowest BCUT2D eigenvalue weighted by molar-refractivity contribution is 0.0526. The molecule has 29 heavy (non-hydrogen) atoms. The predicted octanol–water partition coefficient (Wildman–Crippen LogP) is 5.29. The van der Waals surface area contributed by atoms with Gasteiger partial charge >= 0.3 is 0 Å². The molecule has 3 aromatic rings. The van der Waals surface area contributed by atoms with Gasteiger partial charge in [0.25, 0.3) is 5.91 Å². The molecule has 3 nitrogen and oxygen atoms in total. The van der Waals surface area contributed by atoms with E-state index in [0.29, 0.717) is 5.56 Å². The van der Waals surface area contributed by atoms with Crippen LogP contribution in [0.3, 0.4) is 0 Å². The maximum absolute atomic E-state index is 12.5. The summed E-state index contributed by atoms with van der Waals surface area (Å²) in [7, 11) is 0. The van der Waals surface area contributed by atoms with Crippen molar-refractivity contribution in [2.24, 2.45) is 0 Å². The lowest BCUT2D eigenvalue weighted by Crippen LogP contribution is -2.38. The Morgan fingerprint density at radius 2 is 1.28 bits per heavy atom. The predicted molar refractivity (Wildman–Crippen MR) is 119 cm³/mol. The summed E-state index contributed by atoms with van der Waals surface area (Å²) >= 11 is 0. The van der Waals surface area contributed by atoms with Crippen LogP contribution in [0.5, 0.6) is 0 Å². The van der Waals surface area contributed by atoms with Gasteiger partial charge < -0.3 is 10.4 Å². The highest BCUT2D eigenvalue weighted by atomic mass is 16.3. The first-order chi connectivity index (χ1) is 13.7. The van der Waals surface area contributed by atoms with Gasteiger partial charge in [-0.2, -0.15) is 0 Å². The quantitative estimate of drug-likeness (QED) is 0.625. The van der Waals surface area contributed by atoms with Crippen molar-refractivity contribution >= 4 is 5.91 Å². The van der Waals surface area contributed by atoms with Crippen molar-refractivity contribution in [3.05, 3.63) is 95.6 Å². The summed E-state index contributed by atoms with van der Waals surface area (Å²) < 4.78 is 0. The van der Waals surface area contributed by atoms with E-state index in [4.69, 9.17) is 0 Å². The SMILES string of the molecule is CC(C)(C)c1ccc(C(=O)NCC(C)(O)c2ccc(-c3ccccc3)cc2)cc1. The topological polar surface area (TPSA) is 49.3 Å². The minimum atomic E-state index is -1.16. The van der Waals surface area contributed by atoms with Crippen molar-refractivity contribution in [1.82, 2.24) is 5.32 Å². The molecule has 150 valence electrons. The molecule has 2 N–H and O–H groups in total. The van der Waals surface area contributed by atoms with Gasteiger partial charge in [0.1, 0.15) is 5.60 Å². The second-order valence-corrected chi connectivity index (χ2v) is 8.73. The summed E-state index contributed by atoms with van der Waals surface area (Å²) in [5, 5.41) is 13.7. The Labute approximate surface area is 173 Å². The minimum absolute atomic E-state index is 0.0462. The third kappa shape index (κ3) is 5.12. The first-order valence-corrected chi connectivity index (χ1v) is 9.94. The van der Waals surface area contributed by atoms with Crippen molar-refractivity contribution in [3.63, 3.8) is 0 Å². The fourth-order valence-corrected chi connectivity index (χ4v) is 3.23. The molecule has 0 aliphatic rings. The van der Waals surface area contributed by atoms with E-state index in [2.05, 4.69) is 38.2 Å². The third-order valence-corrected chi connectivity index (χ3v) is 5.22. The first-order valence-electron chi connectivity index (χ1n) is 9.94. The molecule has 0 fully saturated rings. The van der Waals surface area contributed by atoms with Crippen LogP contribution in [0.1, 0.15) is 49.2 Å². The number of rotatable bonds is 5. The molecule has 3 aromatic carbocycles. The van der Waals surface area contributed by atoms with Gasteiger partial charge in [0.15, 0.2) is 0 Å². The molecule has 0 saturated carbocycles. The van der Waals surface area contributed by atoms with Crippen LogP contribution in [0, 0.1) is 0 Å². The molecule has 0 saturated heterocycles. The summed E-state index contributed by atoms with van der Waals surface area (Å²) in [6.07, 6.45) is 0. The zero-order chi connectivity index (χ0) is 21.1. The zero-order valence-corrected chi connectivity index (χ0v) is 17.6. The fourth-order valence-electron chi connectivity index (χ4n) is 3.23. The van der Waals surface area contributed by atoms with E-state index in [1.165, 1.54) is 5.56 Å². The fraction of sp³-hybridized carbons (Fsp3) is 0.269. The Hall–Kier alpha value is -2.91. The Balaban J connectivity index is 1.65. The average molecular weight is 388 g/mol. The molecule has 3 rings (SSSR count). The van der Waals surface area contributed by atoms with Crippen molar-refractivity contribution in [1.29, 1.82) is 0 Å². The van der Waals surface area contributed by atoms with E-state index in [1.54, 1.807) is 6.92 Å². The number of hydrogen-bond acceptors (Lipinski definition) is 2. The molecule has 0 aliphatic heterocycles. The number of benzene rings is 3. The van der Waals surface area contributed by atoms with Crippen molar-refractivity contribution < 1.29 is 9.90 Å². The van der Waals surface area contributed by atoms with Gasteiger partial charge in [-0.3, -0.25) is 4.79 Å². The van der Waals surface area contributed by atoms with E-state index in [9.17, 15) is 9.90 Å². The third-order valence-electron chi connectivity index (χ3n) is 5.22. The van der Waals surface area contributed by atoms with Gasteiger partial charge in [0.2, 0.25) is 0 Å². The van der Waals surface area contributed by atoms with Crippen LogP contribution in [0.15, 0.2) is 78.9 Å². The number of carbonyl (C=O) groups excluding carboxylic acids is 1. The summed E-state index contributed by atoms with van der Waals surface area (Å²) in [4.78, 5) is 12.5. The molecular formula is C26H29NO2. The number of carbonyl (C=O) groups is 1. The van der Waals surface area contributed by atoms with Gasteiger partial charge in [-0.1, -0.05) is 87.5 Å². The first kappa shape index (κ1) is 20.8. The summed E-state index contributed by atoms with van der Waals surface area (Å²) in [5.74, 6) is -0.188. The van der Waals surface area contributed by atoms with Gasteiger partial charge in [0, 0.05) is 5.56 Å². The number of aliphatic hydroxyl groups is 1. The van der Waals surface area contributed by atoms with Crippen LogP contribution in [0.2, 0.25) is 0 Å².